The highest BCUT2D eigenvalue weighted by Crippen LogP contribution is 2.24. The number of nitrogens with zero attached hydrogens (tertiary/aromatic N) is 2. The molecule has 0 bridgehead atoms. The number of aromatic nitrogens is 1. The summed E-state index contributed by atoms with van der Waals surface area (Å²) in [6.45, 7) is -0.363. The van der Waals surface area contributed by atoms with Crippen LogP contribution in [0.4, 0.5) is 13.2 Å². The zero-order valence-electron chi connectivity index (χ0n) is 7.67. The molecule has 0 unspecified atom stereocenters. The highest BCUT2D eigenvalue weighted by Gasteiger charge is 2.19. The normalized spacial score (nSPS) is 10.4. The minimum absolute atomic E-state index is 0.0117. The number of pyridine rings is 1. The van der Waals surface area contributed by atoms with E-state index in [0.717, 1.165) is 6.20 Å². The van der Waals surface area contributed by atoms with Gasteiger partial charge in [-0.3, -0.25) is 4.98 Å². The molecule has 6 heteroatoms. The van der Waals surface area contributed by atoms with E-state index in [2.05, 4.69) is 4.98 Å². The first kappa shape index (κ1) is 11.5. The van der Waals surface area contributed by atoms with Crippen molar-refractivity contribution in [2.45, 2.75) is 19.4 Å². The fraction of sp³-hybridized carbons (Fsp3) is 0.333. The van der Waals surface area contributed by atoms with Crippen LogP contribution in [0.1, 0.15) is 23.2 Å². The van der Waals surface area contributed by atoms with E-state index < -0.39 is 17.9 Å². The van der Waals surface area contributed by atoms with E-state index in [9.17, 15) is 13.2 Å². The summed E-state index contributed by atoms with van der Waals surface area (Å²) in [4.78, 5) is 3.41. The third-order valence-corrected chi connectivity index (χ3v) is 1.90. The first-order valence-electron chi connectivity index (χ1n) is 4.13. The average Bonchev–Trinajstić information content (AvgIpc) is 2.20. The van der Waals surface area contributed by atoms with E-state index in [1.165, 1.54) is 0 Å². The van der Waals surface area contributed by atoms with Crippen LogP contribution in [0.15, 0.2) is 6.20 Å². The lowest BCUT2D eigenvalue weighted by Gasteiger charge is -2.09. The fourth-order valence-corrected chi connectivity index (χ4v) is 1.18. The van der Waals surface area contributed by atoms with Gasteiger partial charge in [-0.15, -0.1) is 0 Å². The van der Waals surface area contributed by atoms with Crippen LogP contribution in [-0.4, -0.2) is 4.98 Å². The van der Waals surface area contributed by atoms with Gasteiger partial charge in [-0.1, -0.05) is 0 Å². The molecule has 1 heterocycles. The molecule has 15 heavy (non-hydrogen) atoms. The first-order valence-corrected chi connectivity index (χ1v) is 4.13. The van der Waals surface area contributed by atoms with Crippen LogP contribution in [-0.2, 0) is 13.0 Å². The summed E-state index contributed by atoms with van der Waals surface area (Å²) in [5.74, 6) is -0.857. The summed E-state index contributed by atoms with van der Waals surface area (Å²) in [5, 5.41) is 8.36. The molecule has 1 rings (SSSR count). The van der Waals surface area contributed by atoms with Gasteiger partial charge >= 0.3 is 0 Å². The molecule has 2 N–H and O–H groups in total. The predicted molar refractivity (Wildman–Crippen MR) is 46.4 cm³/mol. The fourth-order valence-electron chi connectivity index (χ4n) is 1.18. The molecule has 0 amide bonds. The highest BCUT2D eigenvalue weighted by atomic mass is 19.3. The van der Waals surface area contributed by atoms with Crippen molar-refractivity contribution < 1.29 is 13.2 Å². The van der Waals surface area contributed by atoms with E-state index in [4.69, 9.17) is 11.0 Å². The molecular formula is C9H8F3N3. The first-order chi connectivity index (χ1) is 7.11. The number of hydrogen-bond acceptors (Lipinski definition) is 3. The smallest absolute Gasteiger partial charge is 0.280 e. The molecule has 0 radical (unpaired) electrons. The van der Waals surface area contributed by atoms with E-state index in [0.29, 0.717) is 0 Å². The van der Waals surface area contributed by atoms with Gasteiger partial charge in [0.1, 0.15) is 11.5 Å². The van der Waals surface area contributed by atoms with Crippen molar-refractivity contribution in [1.29, 1.82) is 5.26 Å². The van der Waals surface area contributed by atoms with Crippen LogP contribution >= 0.6 is 0 Å². The Morgan fingerprint density at radius 1 is 1.53 bits per heavy atom. The molecule has 80 valence electrons. The molecule has 0 fully saturated rings. The van der Waals surface area contributed by atoms with Gasteiger partial charge in [0.25, 0.3) is 6.43 Å². The SMILES string of the molecule is N#CCc1cnc(C(F)F)c(CN)c1F. The third kappa shape index (κ3) is 2.25. The Kier molecular flexibility index (Phi) is 3.63. The number of hydrogen-bond donors (Lipinski definition) is 1. The van der Waals surface area contributed by atoms with E-state index >= 15 is 0 Å². The van der Waals surface area contributed by atoms with Gasteiger partial charge in [0.15, 0.2) is 0 Å². The van der Waals surface area contributed by atoms with Crippen molar-refractivity contribution in [2.75, 3.05) is 0 Å². The summed E-state index contributed by atoms with van der Waals surface area (Å²) in [6, 6.07) is 1.72. The molecule has 1 aromatic rings. The molecule has 0 aliphatic rings. The van der Waals surface area contributed by atoms with Gasteiger partial charge in [-0.05, 0) is 0 Å². The highest BCUT2D eigenvalue weighted by molar-refractivity contribution is 5.29. The Morgan fingerprint density at radius 2 is 2.20 bits per heavy atom. The van der Waals surface area contributed by atoms with Crippen LogP contribution in [0, 0.1) is 17.1 Å². The Hall–Kier alpha value is -1.61. The molecule has 0 aliphatic carbocycles. The maximum Gasteiger partial charge on any atom is 0.280 e. The summed E-state index contributed by atoms with van der Waals surface area (Å²) in [5.41, 5.74) is 4.17. The summed E-state index contributed by atoms with van der Waals surface area (Å²) >= 11 is 0. The van der Waals surface area contributed by atoms with Crippen molar-refractivity contribution in [3.05, 3.63) is 28.8 Å². The van der Waals surface area contributed by atoms with Gasteiger partial charge in [0.05, 0.1) is 12.5 Å². The number of nitrogens with two attached hydrogens (primary N) is 1. The van der Waals surface area contributed by atoms with Gasteiger partial charge in [0, 0.05) is 23.9 Å². The van der Waals surface area contributed by atoms with Gasteiger partial charge in [-0.2, -0.15) is 5.26 Å². The average molecular weight is 215 g/mol. The van der Waals surface area contributed by atoms with E-state index in [1.807, 2.05) is 0 Å². The molecule has 0 atom stereocenters. The molecule has 3 nitrogen and oxygen atoms in total. The quantitative estimate of drug-likeness (QED) is 0.834. The Balaban J connectivity index is 3.27. The second-order valence-corrected chi connectivity index (χ2v) is 2.80. The standard InChI is InChI=1S/C9H8F3N3/c10-7-5(1-2-13)4-15-8(9(11)12)6(7)3-14/h4,9H,1,3,14H2. The topological polar surface area (TPSA) is 62.7 Å². The van der Waals surface area contributed by atoms with E-state index in [-0.39, 0.29) is 24.1 Å². The Morgan fingerprint density at radius 3 is 2.67 bits per heavy atom. The molecule has 0 saturated carbocycles. The van der Waals surface area contributed by atoms with Crippen LogP contribution in [0.25, 0.3) is 0 Å². The second kappa shape index (κ2) is 4.75. The Bertz CT molecular complexity index is 398. The van der Waals surface area contributed by atoms with Gasteiger partial charge in [0.2, 0.25) is 0 Å². The monoisotopic (exact) mass is 215 g/mol. The minimum Gasteiger partial charge on any atom is -0.326 e. The van der Waals surface area contributed by atoms with Crippen molar-refractivity contribution in [3.63, 3.8) is 0 Å². The van der Waals surface area contributed by atoms with Gasteiger partial charge < -0.3 is 5.73 Å². The molecule has 0 aliphatic heterocycles. The summed E-state index contributed by atoms with van der Waals surface area (Å²) in [7, 11) is 0. The number of halogens is 3. The molecule has 0 spiro atoms. The maximum absolute atomic E-state index is 13.5. The van der Waals surface area contributed by atoms with Crippen LogP contribution in [0.3, 0.4) is 0 Å². The maximum atomic E-state index is 13.5. The van der Waals surface area contributed by atoms with Gasteiger partial charge in [-0.25, -0.2) is 13.2 Å². The van der Waals surface area contributed by atoms with Crippen LogP contribution < -0.4 is 5.73 Å². The zero-order chi connectivity index (χ0) is 11.4. The third-order valence-electron chi connectivity index (χ3n) is 1.90. The predicted octanol–water partition coefficient (Wildman–Crippen LogP) is 1.68. The molecule has 0 aromatic carbocycles. The minimum atomic E-state index is -2.87. The molecule has 0 saturated heterocycles. The van der Waals surface area contributed by atoms with Crippen molar-refractivity contribution in [3.8, 4) is 6.07 Å². The van der Waals surface area contributed by atoms with E-state index in [1.54, 1.807) is 6.07 Å². The molecule has 1 aromatic heterocycles. The lowest BCUT2D eigenvalue weighted by molar-refractivity contribution is 0.144. The lowest BCUT2D eigenvalue weighted by Crippen LogP contribution is -2.10. The van der Waals surface area contributed by atoms with Crippen molar-refractivity contribution in [2.24, 2.45) is 5.73 Å². The van der Waals surface area contributed by atoms with Crippen LogP contribution in [0.5, 0.6) is 0 Å². The summed E-state index contributed by atoms with van der Waals surface area (Å²) in [6.07, 6.45) is -2.14. The zero-order valence-corrected chi connectivity index (χ0v) is 7.67. The lowest BCUT2D eigenvalue weighted by atomic mass is 10.1. The largest absolute Gasteiger partial charge is 0.326 e. The Labute approximate surface area is 84.3 Å². The van der Waals surface area contributed by atoms with Crippen molar-refractivity contribution in [1.82, 2.24) is 4.98 Å². The molecular weight excluding hydrogens is 207 g/mol. The van der Waals surface area contributed by atoms with Crippen LogP contribution in [0.2, 0.25) is 0 Å². The number of alkyl halides is 2. The summed E-state index contributed by atoms with van der Waals surface area (Å²) < 4.78 is 38.2. The van der Waals surface area contributed by atoms with Crippen molar-refractivity contribution >= 4 is 0 Å². The number of nitriles is 1. The second-order valence-electron chi connectivity index (χ2n) is 2.80. The number of rotatable bonds is 3.